The summed E-state index contributed by atoms with van der Waals surface area (Å²) >= 11 is 0. The van der Waals surface area contributed by atoms with Crippen molar-refractivity contribution in [2.45, 2.75) is 31.7 Å². The summed E-state index contributed by atoms with van der Waals surface area (Å²) in [6, 6.07) is 6.77. The van der Waals surface area contributed by atoms with Crippen LogP contribution in [0.2, 0.25) is 0 Å². The predicted octanol–water partition coefficient (Wildman–Crippen LogP) is -0.800. The molecule has 0 aliphatic carbocycles. The minimum absolute atomic E-state index is 0.103. The molecule has 0 saturated carbocycles. The number of ether oxygens (including phenoxy) is 3. The highest BCUT2D eigenvalue weighted by atomic mass is 16.5. The lowest BCUT2D eigenvalue weighted by atomic mass is 10.0. The minimum Gasteiger partial charge on any atom is -0.378 e. The van der Waals surface area contributed by atoms with Gasteiger partial charge in [-0.1, -0.05) is 17.7 Å². The SMILES string of the molecule is Cc1ccc(C(=O)NC(COCCC(=O)NO)(COCCC(=O)NO)COCCC(=O)NO)cc1. The fourth-order valence-electron chi connectivity index (χ4n) is 2.72. The number of benzene rings is 1. The molecule has 1 aromatic carbocycles. The normalized spacial score (nSPS) is 11.0. The van der Waals surface area contributed by atoms with Crippen LogP contribution in [0.1, 0.15) is 35.2 Å². The molecule has 1 rings (SSSR count). The second-order valence-corrected chi connectivity index (χ2v) is 7.61. The van der Waals surface area contributed by atoms with Crippen molar-refractivity contribution in [1.29, 1.82) is 0 Å². The maximum absolute atomic E-state index is 13.0. The van der Waals surface area contributed by atoms with E-state index in [0.717, 1.165) is 5.56 Å². The highest BCUT2D eigenvalue weighted by Gasteiger charge is 2.34. The summed E-state index contributed by atoms with van der Waals surface area (Å²) in [7, 11) is 0. The Kier molecular flexibility index (Phi) is 14.1. The standard InChI is InChI=1S/C21H32N4O10/c1-15-2-4-16(5-3-15)20(29)22-21(12-33-9-6-17(26)23-30,13-34-10-7-18(27)24-31)14-35-11-8-19(28)25-32/h2-5,30-32H,6-14H2,1H3,(H,22,29)(H,23,26)(H,24,27)(H,25,28). The van der Waals surface area contributed by atoms with E-state index in [1.54, 1.807) is 24.3 Å². The molecule has 4 amide bonds. The molecular formula is C21H32N4O10. The molecule has 0 spiro atoms. The zero-order chi connectivity index (χ0) is 26.1. The molecule has 0 aliphatic rings. The van der Waals surface area contributed by atoms with Crippen LogP contribution in [-0.4, -0.2) is 84.4 Å². The predicted molar refractivity (Wildman–Crippen MR) is 117 cm³/mol. The van der Waals surface area contributed by atoms with Crippen molar-refractivity contribution in [3.05, 3.63) is 35.4 Å². The monoisotopic (exact) mass is 500 g/mol. The third kappa shape index (κ3) is 12.2. The van der Waals surface area contributed by atoms with Crippen LogP contribution in [0.25, 0.3) is 0 Å². The lowest BCUT2D eigenvalue weighted by Crippen LogP contribution is -2.58. The highest BCUT2D eigenvalue weighted by molar-refractivity contribution is 5.94. The minimum atomic E-state index is -1.32. The summed E-state index contributed by atoms with van der Waals surface area (Å²) in [4.78, 5) is 46.7. The lowest BCUT2D eigenvalue weighted by Gasteiger charge is -2.34. The Morgan fingerprint density at radius 2 is 1.09 bits per heavy atom. The van der Waals surface area contributed by atoms with E-state index < -0.39 is 29.2 Å². The lowest BCUT2D eigenvalue weighted by molar-refractivity contribution is -0.130. The molecule has 0 radical (unpaired) electrons. The van der Waals surface area contributed by atoms with Crippen molar-refractivity contribution in [1.82, 2.24) is 21.8 Å². The largest absolute Gasteiger partial charge is 0.378 e. The van der Waals surface area contributed by atoms with Gasteiger partial charge in [0, 0.05) is 5.56 Å². The second kappa shape index (κ2) is 16.5. The summed E-state index contributed by atoms with van der Waals surface area (Å²) in [6.07, 6.45) is -0.478. The Morgan fingerprint density at radius 3 is 1.43 bits per heavy atom. The van der Waals surface area contributed by atoms with E-state index in [9.17, 15) is 19.2 Å². The van der Waals surface area contributed by atoms with Crippen LogP contribution in [0.15, 0.2) is 24.3 Å². The summed E-state index contributed by atoms with van der Waals surface area (Å²) in [5.41, 5.74) is 4.43. The highest BCUT2D eigenvalue weighted by Crippen LogP contribution is 2.13. The summed E-state index contributed by atoms with van der Waals surface area (Å²) in [6.45, 7) is 0.983. The van der Waals surface area contributed by atoms with Crippen molar-refractivity contribution in [2.75, 3.05) is 39.6 Å². The third-order valence-corrected chi connectivity index (χ3v) is 4.62. The number of hydrogen-bond acceptors (Lipinski definition) is 10. The summed E-state index contributed by atoms with van der Waals surface area (Å²) in [5, 5.41) is 28.7. The Morgan fingerprint density at radius 1 is 0.714 bits per heavy atom. The van der Waals surface area contributed by atoms with Gasteiger partial charge in [-0.3, -0.25) is 34.8 Å². The van der Waals surface area contributed by atoms with Gasteiger partial charge in [-0.05, 0) is 19.1 Å². The average Bonchev–Trinajstić information content (AvgIpc) is 2.86. The molecule has 0 bridgehead atoms. The fraction of sp³-hybridized carbons (Fsp3) is 0.524. The Hall–Kier alpha value is -3.14. The topological polar surface area (TPSA) is 205 Å². The van der Waals surface area contributed by atoms with Gasteiger partial charge in [0.05, 0.1) is 58.9 Å². The molecule has 0 atom stereocenters. The van der Waals surface area contributed by atoms with Gasteiger partial charge in [-0.2, -0.15) is 0 Å². The maximum Gasteiger partial charge on any atom is 0.251 e. The van der Waals surface area contributed by atoms with E-state index in [2.05, 4.69) is 5.32 Å². The number of aryl methyl sites for hydroxylation is 1. The average molecular weight is 501 g/mol. The van der Waals surface area contributed by atoms with Gasteiger partial charge >= 0.3 is 0 Å². The molecule has 7 N–H and O–H groups in total. The van der Waals surface area contributed by atoms with Gasteiger partial charge in [0.25, 0.3) is 5.91 Å². The molecule has 1 aromatic rings. The van der Waals surface area contributed by atoms with Gasteiger partial charge in [0.1, 0.15) is 5.54 Å². The first-order valence-electron chi connectivity index (χ1n) is 10.7. The zero-order valence-corrected chi connectivity index (χ0v) is 19.4. The molecule has 0 heterocycles. The van der Waals surface area contributed by atoms with Gasteiger partial charge in [-0.15, -0.1) is 0 Å². The zero-order valence-electron chi connectivity index (χ0n) is 19.4. The number of rotatable bonds is 17. The Bertz CT molecular complexity index is 759. The third-order valence-electron chi connectivity index (χ3n) is 4.62. The first kappa shape index (κ1) is 29.9. The second-order valence-electron chi connectivity index (χ2n) is 7.61. The van der Waals surface area contributed by atoms with E-state index in [4.69, 9.17) is 29.8 Å². The van der Waals surface area contributed by atoms with E-state index in [1.165, 1.54) is 16.4 Å². The maximum atomic E-state index is 13.0. The molecule has 0 fully saturated rings. The van der Waals surface area contributed by atoms with Crippen LogP contribution in [0, 0.1) is 6.92 Å². The van der Waals surface area contributed by atoms with E-state index in [-0.39, 0.29) is 58.9 Å². The van der Waals surface area contributed by atoms with Gasteiger partial charge in [-0.25, -0.2) is 16.4 Å². The molecule has 35 heavy (non-hydrogen) atoms. The van der Waals surface area contributed by atoms with E-state index >= 15 is 0 Å². The van der Waals surface area contributed by atoms with Gasteiger partial charge in [0.2, 0.25) is 17.7 Å². The van der Waals surface area contributed by atoms with Crippen molar-refractivity contribution in [3.63, 3.8) is 0 Å². The van der Waals surface area contributed by atoms with Crippen molar-refractivity contribution in [3.8, 4) is 0 Å². The first-order chi connectivity index (χ1) is 16.7. The number of amides is 4. The van der Waals surface area contributed by atoms with Crippen molar-refractivity contribution < 1.29 is 49.0 Å². The van der Waals surface area contributed by atoms with E-state index in [1.807, 2.05) is 6.92 Å². The molecule has 14 nitrogen and oxygen atoms in total. The molecule has 14 heteroatoms. The Balaban J connectivity index is 2.99. The quantitative estimate of drug-likeness (QED) is 0.0805. The number of hydroxylamine groups is 3. The Labute approximate surface area is 201 Å². The number of carbonyl (C=O) groups excluding carboxylic acids is 4. The summed E-state index contributed by atoms with van der Waals surface area (Å²) in [5.74, 6) is -2.49. The molecule has 0 aliphatic heterocycles. The van der Waals surface area contributed by atoms with Crippen LogP contribution in [0.3, 0.4) is 0 Å². The first-order valence-corrected chi connectivity index (χ1v) is 10.7. The van der Waals surface area contributed by atoms with Crippen LogP contribution in [0.4, 0.5) is 0 Å². The smallest absolute Gasteiger partial charge is 0.251 e. The number of nitrogens with one attached hydrogen (secondary N) is 4. The van der Waals surface area contributed by atoms with Crippen LogP contribution in [0.5, 0.6) is 0 Å². The number of carbonyl (C=O) groups is 4. The number of hydrogen-bond donors (Lipinski definition) is 7. The molecule has 0 aromatic heterocycles. The van der Waals surface area contributed by atoms with Crippen molar-refractivity contribution in [2.24, 2.45) is 0 Å². The molecule has 0 saturated heterocycles. The van der Waals surface area contributed by atoms with Crippen LogP contribution >= 0.6 is 0 Å². The van der Waals surface area contributed by atoms with Crippen molar-refractivity contribution >= 4 is 23.6 Å². The summed E-state index contributed by atoms with van der Waals surface area (Å²) < 4.78 is 16.6. The molecule has 196 valence electrons. The fourth-order valence-corrected chi connectivity index (χ4v) is 2.72. The van der Waals surface area contributed by atoms with Crippen LogP contribution in [-0.2, 0) is 28.6 Å². The van der Waals surface area contributed by atoms with Crippen LogP contribution < -0.4 is 21.8 Å². The van der Waals surface area contributed by atoms with E-state index in [0.29, 0.717) is 5.56 Å². The molecule has 0 unspecified atom stereocenters. The van der Waals surface area contributed by atoms with Gasteiger partial charge in [0.15, 0.2) is 0 Å². The molecular weight excluding hydrogens is 468 g/mol. The van der Waals surface area contributed by atoms with Gasteiger partial charge < -0.3 is 19.5 Å².